The maximum atomic E-state index is 14.4. The summed E-state index contributed by atoms with van der Waals surface area (Å²) in [6.45, 7) is 8.34. The Morgan fingerprint density at radius 2 is 1.67 bits per heavy atom. The molecule has 1 saturated heterocycles. The van der Waals surface area contributed by atoms with Crippen LogP contribution in [0.4, 0.5) is 19.7 Å². The summed E-state index contributed by atoms with van der Waals surface area (Å²) in [6.07, 6.45) is 2.41. The monoisotopic (exact) mass is 657 g/mol. The highest BCUT2D eigenvalue weighted by Crippen LogP contribution is 2.30. The van der Waals surface area contributed by atoms with E-state index in [0.717, 1.165) is 16.5 Å². The van der Waals surface area contributed by atoms with Crippen LogP contribution < -0.4 is 20.3 Å². The van der Waals surface area contributed by atoms with Crippen molar-refractivity contribution in [2.24, 2.45) is 0 Å². The number of aromatic nitrogens is 1. The topological polar surface area (TPSA) is 116 Å². The largest absolute Gasteiger partial charge is 0.490 e. The van der Waals surface area contributed by atoms with Crippen molar-refractivity contribution in [3.8, 4) is 5.75 Å². The summed E-state index contributed by atoms with van der Waals surface area (Å²) in [7, 11) is 1.67. The molecule has 2 atom stereocenters. The smallest absolute Gasteiger partial charge is 0.407 e. The number of anilines is 1. The van der Waals surface area contributed by atoms with Gasteiger partial charge in [-0.1, -0.05) is 43.3 Å². The van der Waals surface area contributed by atoms with E-state index >= 15 is 0 Å². The Labute approximate surface area is 280 Å². The minimum absolute atomic E-state index is 0.112. The number of para-hydroxylation sites is 2. The summed E-state index contributed by atoms with van der Waals surface area (Å²) < 4.78 is 24.7. The molecule has 0 bridgehead atoms. The van der Waals surface area contributed by atoms with Gasteiger partial charge in [0.05, 0.1) is 0 Å². The third-order valence-corrected chi connectivity index (χ3v) is 8.51. The Kier molecular flexibility index (Phi) is 10.6. The molecule has 1 aliphatic rings. The van der Waals surface area contributed by atoms with Crippen LogP contribution in [0.1, 0.15) is 57.6 Å². The number of benzene rings is 3. The summed E-state index contributed by atoms with van der Waals surface area (Å²) in [4.78, 5) is 47.1. The minimum Gasteiger partial charge on any atom is -0.490 e. The summed E-state index contributed by atoms with van der Waals surface area (Å²) in [6, 6.07) is 19.8. The second-order valence-electron chi connectivity index (χ2n) is 13.1. The van der Waals surface area contributed by atoms with E-state index in [-0.39, 0.29) is 30.4 Å². The molecule has 4 aromatic rings. The van der Waals surface area contributed by atoms with Crippen LogP contribution in [0, 0.1) is 5.82 Å². The number of urea groups is 1. The fourth-order valence-electron chi connectivity index (χ4n) is 5.95. The number of hydrogen-bond acceptors (Lipinski definition) is 5. The Bertz CT molecular complexity index is 1730. The van der Waals surface area contributed by atoms with Gasteiger partial charge in [-0.05, 0) is 68.3 Å². The third kappa shape index (κ3) is 8.44. The van der Waals surface area contributed by atoms with Crippen molar-refractivity contribution < 1.29 is 28.2 Å². The van der Waals surface area contributed by atoms with Crippen LogP contribution in [0.2, 0.25) is 0 Å². The van der Waals surface area contributed by atoms with E-state index in [1.165, 1.54) is 17.0 Å². The zero-order chi connectivity index (χ0) is 34.4. The molecule has 10 nitrogen and oxygen atoms in total. The highest BCUT2D eigenvalue weighted by Gasteiger charge is 2.35. The van der Waals surface area contributed by atoms with E-state index in [4.69, 9.17) is 9.47 Å². The van der Waals surface area contributed by atoms with Gasteiger partial charge in [0, 0.05) is 68.2 Å². The van der Waals surface area contributed by atoms with Crippen LogP contribution in [0.25, 0.3) is 10.9 Å². The SMILES string of the molecule is CC(c1c[nH]c2ccccc12)C(NC(=O)N1CCC(Oc2ccc(F)cc2)CC1)C(=O)N(C)c1ccccc1CNC(=O)OC(C)(C)C. The van der Waals surface area contributed by atoms with Crippen LogP contribution in [-0.2, 0) is 16.1 Å². The maximum absolute atomic E-state index is 14.4. The average molecular weight is 658 g/mol. The molecule has 1 fully saturated rings. The predicted molar refractivity (Wildman–Crippen MR) is 184 cm³/mol. The van der Waals surface area contributed by atoms with Gasteiger partial charge in [0.1, 0.15) is 29.3 Å². The van der Waals surface area contributed by atoms with Gasteiger partial charge in [-0.15, -0.1) is 0 Å². The number of carbonyl (C=O) groups is 3. The molecule has 0 aliphatic carbocycles. The molecule has 3 N–H and O–H groups in total. The van der Waals surface area contributed by atoms with Crippen molar-refractivity contribution in [2.45, 2.75) is 70.7 Å². The fourth-order valence-corrected chi connectivity index (χ4v) is 5.95. The Morgan fingerprint density at radius 3 is 2.38 bits per heavy atom. The number of amides is 4. The number of halogens is 1. The first kappa shape index (κ1) is 34.3. The number of alkyl carbamates (subject to hydrolysis) is 1. The third-order valence-electron chi connectivity index (χ3n) is 8.51. The molecule has 1 aromatic heterocycles. The zero-order valence-electron chi connectivity index (χ0n) is 28.1. The lowest BCUT2D eigenvalue weighted by atomic mass is 9.91. The average Bonchev–Trinajstić information content (AvgIpc) is 3.50. The summed E-state index contributed by atoms with van der Waals surface area (Å²) >= 11 is 0. The molecular weight excluding hydrogens is 613 g/mol. The van der Waals surface area contributed by atoms with Crippen molar-refractivity contribution in [3.05, 3.63) is 95.9 Å². The van der Waals surface area contributed by atoms with Crippen LogP contribution in [0.5, 0.6) is 5.75 Å². The number of rotatable bonds is 9. The highest BCUT2D eigenvalue weighted by atomic mass is 19.1. The highest BCUT2D eigenvalue weighted by molar-refractivity contribution is 6.00. The molecule has 5 rings (SSSR count). The van der Waals surface area contributed by atoms with Crippen molar-refractivity contribution in [2.75, 3.05) is 25.0 Å². The molecule has 48 heavy (non-hydrogen) atoms. The molecule has 2 heterocycles. The van der Waals surface area contributed by atoms with Crippen LogP contribution in [0.15, 0.2) is 79.0 Å². The normalized spacial score (nSPS) is 15.0. The molecule has 2 unspecified atom stereocenters. The molecule has 3 aromatic carbocycles. The van der Waals surface area contributed by atoms with Gasteiger partial charge in [-0.2, -0.15) is 0 Å². The first-order valence-corrected chi connectivity index (χ1v) is 16.3. The van der Waals surface area contributed by atoms with E-state index in [2.05, 4.69) is 15.6 Å². The number of fused-ring (bicyclic) bond motifs is 1. The Morgan fingerprint density at radius 1 is 1.00 bits per heavy atom. The summed E-state index contributed by atoms with van der Waals surface area (Å²) in [5.74, 6) is -0.444. The number of nitrogens with one attached hydrogen (secondary N) is 3. The van der Waals surface area contributed by atoms with E-state index in [1.54, 1.807) is 44.9 Å². The van der Waals surface area contributed by atoms with Gasteiger partial charge in [-0.25, -0.2) is 14.0 Å². The van der Waals surface area contributed by atoms with Gasteiger partial charge in [-0.3, -0.25) is 4.79 Å². The molecule has 0 saturated carbocycles. The van der Waals surface area contributed by atoms with Gasteiger partial charge >= 0.3 is 12.1 Å². The van der Waals surface area contributed by atoms with Crippen molar-refractivity contribution in [1.82, 2.24) is 20.5 Å². The second-order valence-corrected chi connectivity index (χ2v) is 13.1. The number of hydrogen-bond donors (Lipinski definition) is 3. The molecule has 11 heteroatoms. The molecular formula is C37H44FN5O5. The van der Waals surface area contributed by atoms with E-state index < -0.39 is 23.7 Å². The fraction of sp³-hybridized carbons (Fsp3) is 0.378. The number of aromatic amines is 1. The number of likely N-dealkylation sites (tertiary alicyclic amines) is 1. The Balaban J connectivity index is 1.33. The first-order valence-electron chi connectivity index (χ1n) is 16.3. The van der Waals surface area contributed by atoms with Crippen LogP contribution in [-0.4, -0.2) is 65.8 Å². The predicted octanol–water partition coefficient (Wildman–Crippen LogP) is 6.72. The molecule has 0 spiro atoms. The van der Waals surface area contributed by atoms with Gasteiger partial charge in [0.15, 0.2) is 0 Å². The number of ether oxygens (including phenoxy) is 2. The van der Waals surface area contributed by atoms with E-state index in [9.17, 15) is 18.8 Å². The molecule has 4 amide bonds. The molecule has 254 valence electrons. The molecule has 0 radical (unpaired) electrons. The van der Waals surface area contributed by atoms with Crippen molar-refractivity contribution >= 4 is 34.6 Å². The number of nitrogens with zero attached hydrogens (tertiary/aromatic N) is 2. The standard InChI is InChI=1S/C37H44FN5O5/c1-24(30-23-39-31-12-8-7-11-29(30)31)33(41-35(45)43-20-18-28(19-21-43)47-27-16-14-26(38)15-17-27)34(44)42(5)32-13-9-6-10-25(32)22-40-36(46)48-37(2,3)4/h6-17,23-24,28,33,39H,18-22H2,1-5H3,(H,40,46)(H,41,45). The number of piperidine rings is 1. The summed E-state index contributed by atoms with van der Waals surface area (Å²) in [5.41, 5.74) is 2.51. The van der Waals surface area contributed by atoms with Gasteiger partial charge in [0.2, 0.25) is 5.91 Å². The number of carbonyl (C=O) groups excluding carboxylic acids is 3. The maximum Gasteiger partial charge on any atom is 0.407 e. The lowest BCUT2D eigenvalue weighted by Crippen LogP contribution is -2.55. The minimum atomic E-state index is -0.915. The zero-order valence-corrected chi connectivity index (χ0v) is 28.1. The van der Waals surface area contributed by atoms with Gasteiger partial charge < -0.3 is 34.9 Å². The van der Waals surface area contributed by atoms with Gasteiger partial charge in [0.25, 0.3) is 0 Å². The Hall–Kier alpha value is -5.06. The summed E-state index contributed by atoms with van der Waals surface area (Å²) in [5, 5.41) is 6.81. The van der Waals surface area contributed by atoms with Crippen molar-refractivity contribution in [1.29, 1.82) is 0 Å². The first-order chi connectivity index (χ1) is 22.9. The lowest BCUT2D eigenvalue weighted by molar-refractivity contribution is -0.120. The van der Waals surface area contributed by atoms with E-state index in [0.29, 0.717) is 42.9 Å². The van der Waals surface area contributed by atoms with Crippen LogP contribution >= 0.6 is 0 Å². The quantitative estimate of drug-likeness (QED) is 0.185. The van der Waals surface area contributed by atoms with Crippen molar-refractivity contribution in [3.63, 3.8) is 0 Å². The number of H-pyrrole nitrogens is 1. The lowest BCUT2D eigenvalue weighted by Gasteiger charge is -2.35. The number of likely N-dealkylation sites (N-methyl/N-ethyl adjacent to an activating group) is 1. The molecule has 1 aliphatic heterocycles. The van der Waals surface area contributed by atoms with E-state index in [1.807, 2.05) is 61.7 Å². The van der Waals surface area contributed by atoms with Crippen LogP contribution in [0.3, 0.4) is 0 Å². The second kappa shape index (κ2) is 14.8.